The molecule has 0 unspecified atom stereocenters. The van der Waals surface area contributed by atoms with Crippen molar-refractivity contribution in [3.05, 3.63) is 29.8 Å². The lowest BCUT2D eigenvalue weighted by Gasteiger charge is -2.41. The highest BCUT2D eigenvalue weighted by atomic mass is 35.5. The van der Waals surface area contributed by atoms with E-state index < -0.39 is 8.32 Å². The first-order chi connectivity index (χ1) is 11.5. The Kier molecular flexibility index (Phi) is 9.98. The second-order valence-electron chi connectivity index (χ2n) is 8.41. The van der Waals surface area contributed by atoms with Gasteiger partial charge in [0.15, 0.2) is 0 Å². The fraction of sp³-hybridized carbons (Fsp3) is 0.700. The van der Waals surface area contributed by atoms with E-state index in [2.05, 4.69) is 54.1 Å². The Bertz CT molecular complexity index is 492. The van der Waals surface area contributed by atoms with E-state index in [4.69, 9.17) is 4.43 Å². The standard InChI is InChI=1S/C20H34N2OSi.2ClH/c1-24(2,3)23-19-11-9-18(10-12-19)20(17-7-5-4-6-8-17)22-15-13-21-14-16-22;;/h9-12,17,20-21H,4-8,13-16H2,1-3H3;2*1H/t20-;;/m0../s1. The fourth-order valence-corrected chi connectivity index (χ4v) is 5.12. The lowest BCUT2D eigenvalue weighted by molar-refractivity contribution is 0.103. The molecule has 26 heavy (non-hydrogen) atoms. The van der Waals surface area contributed by atoms with Gasteiger partial charge in [0.2, 0.25) is 8.32 Å². The molecule has 1 saturated heterocycles. The molecule has 1 N–H and O–H groups in total. The van der Waals surface area contributed by atoms with Gasteiger partial charge in [-0.05, 0) is 56.1 Å². The molecule has 1 aliphatic heterocycles. The van der Waals surface area contributed by atoms with Crippen molar-refractivity contribution in [2.45, 2.75) is 57.8 Å². The van der Waals surface area contributed by atoms with Crippen LogP contribution in [-0.4, -0.2) is 39.4 Å². The van der Waals surface area contributed by atoms with Crippen molar-refractivity contribution in [3.63, 3.8) is 0 Å². The number of piperazine rings is 1. The summed E-state index contributed by atoms with van der Waals surface area (Å²) in [7, 11) is -1.53. The molecule has 150 valence electrons. The maximum atomic E-state index is 6.14. The van der Waals surface area contributed by atoms with Gasteiger partial charge in [0.25, 0.3) is 0 Å². The van der Waals surface area contributed by atoms with Crippen molar-refractivity contribution < 1.29 is 4.43 Å². The van der Waals surface area contributed by atoms with Crippen LogP contribution in [-0.2, 0) is 0 Å². The minimum Gasteiger partial charge on any atom is -0.544 e. The van der Waals surface area contributed by atoms with Crippen molar-refractivity contribution in [2.24, 2.45) is 5.92 Å². The highest BCUT2D eigenvalue weighted by Crippen LogP contribution is 2.39. The van der Waals surface area contributed by atoms with Crippen molar-refractivity contribution in [3.8, 4) is 5.75 Å². The van der Waals surface area contributed by atoms with Gasteiger partial charge in [0.1, 0.15) is 5.75 Å². The van der Waals surface area contributed by atoms with Crippen LogP contribution in [0.2, 0.25) is 19.6 Å². The molecule has 0 bridgehead atoms. The van der Waals surface area contributed by atoms with Gasteiger partial charge in [-0.2, -0.15) is 0 Å². The second kappa shape index (κ2) is 10.9. The minimum atomic E-state index is -1.53. The van der Waals surface area contributed by atoms with Crippen LogP contribution in [0.15, 0.2) is 24.3 Å². The molecule has 1 atom stereocenters. The van der Waals surface area contributed by atoms with E-state index in [-0.39, 0.29) is 24.8 Å². The van der Waals surface area contributed by atoms with Gasteiger partial charge in [-0.1, -0.05) is 31.4 Å². The predicted octanol–water partition coefficient (Wildman–Crippen LogP) is 5.27. The average Bonchev–Trinajstić information content (AvgIpc) is 2.57. The average molecular weight is 420 g/mol. The van der Waals surface area contributed by atoms with Crippen LogP contribution in [0.1, 0.15) is 43.7 Å². The maximum absolute atomic E-state index is 6.14. The number of nitrogens with zero attached hydrogens (tertiary/aromatic N) is 1. The molecule has 0 amide bonds. The summed E-state index contributed by atoms with van der Waals surface area (Å²) in [6.45, 7) is 11.3. The summed E-state index contributed by atoms with van der Waals surface area (Å²) in [4.78, 5) is 2.72. The lowest BCUT2D eigenvalue weighted by atomic mass is 9.80. The van der Waals surface area contributed by atoms with Crippen LogP contribution >= 0.6 is 24.8 Å². The quantitative estimate of drug-likeness (QED) is 0.658. The molecule has 1 saturated carbocycles. The highest BCUT2D eigenvalue weighted by molar-refractivity contribution is 6.70. The normalized spacial score (nSPS) is 20.6. The van der Waals surface area contributed by atoms with Crippen LogP contribution in [0.3, 0.4) is 0 Å². The zero-order valence-corrected chi connectivity index (χ0v) is 19.1. The van der Waals surface area contributed by atoms with Gasteiger partial charge in [-0.3, -0.25) is 4.90 Å². The summed E-state index contributed by atoms with van der Waals surface area (Å²) in [5.41, 5.74) is 1.49. The summed E-state index contributed by atoms with van der Waals surface area (Å²) in [6.07, 6.45) is 7.02. The SMILES string of the molecule is C[Si](C)(C)Oc1ccc([C@H](C2CCCCC2)N2CCNCC2)cc1.Cl.Cl. The fourth-order valence-electron chi connectivity index (χ4n) is 4.28. The molecule has 1 aliphatic carbocycles. The summed E-state index contributed by atoms with van der Waals surface area (Å²) < 4.78 is 6.14. The number of rotatable bonds is 5. The maximum Gasteiger partial charge on any atom is 0.242 e. The van der Waals surface area contributed by atoms with E-state index in [0.29, 0.717) is 6.04 Å². The van der Waals surface area contributed by atoms with Gasteiger partial charge >= 0.3 is 0 Å². The number of hydrogen-bond donors (Lipinski definition) is 1. The molecule has 3 rings (SSSR count). The van der Waals surface area contributed by atoms with E-state index in [1.54, 1.807) is 0 Å². The Morgan fingerprint density at radius 1 is 0.962 bits per heavy atom. The van der Waals surface area contributed by atoms with Crippen molar-refractivity contribution in [2.75, 3.05) is 26.2 Å². The molecule has 0 aromatic heterocycles. The third-order valence-corrected chi connectivity index (χ3v) is 6.14. The molecular weight excluding hydrogens is 383 g/mol. The minimum absolute atomic E-state index is 0. The molecule has 6 heteroatoms. The predicted molar refractivity (Wildman–Crippen MR) is 119 cm³/mol. The monoisotopic (exact) mass is 418 g/mol. The molecule has 0 spiro atoms. The van der Waals surface area contributed by atoms with Gasteiger partial charge < -0.3 is 9.74 Å². The molecule has 3 nitrogen and oxygen atoms in total. The van der Waals surface area contributed by atoms with Crippen molar-refractivity contribution in [1.82, 2.24) is 10.2 Å². The first-order valence-corrected chi connectivity index (χ1v) is 13.2. The number of benzene rings is 1. The van der Waals surface area contributed by atoms with Gasteiger partial charge in [0.05, 0.1) is 0 Å². The Labute approximate surface area is 173 Å². The molecule has 2 fully saturated rings. The number of nitrogens with one attached hydrogen (secondary N) is 1. The Morgan fingerprint density at radius 3 is 2.08 bits per heavy atom. The zero-order valence-electron chi connectivity index (χ0n) is 16.5. The van der Waals surface area contributed by atoms with E-state index in [1.165, 1.54) is 50.8 Å². The van der Waals surface area contributed by atoms with Crippen molar-refractivity contribution >= 4 is 33.1 Å². The first-order valence-electron chi connectivity index (χ1n) is 9.77. The summed E-state index contributed by atoms with van der Waals surface area (Å²) in [5, 5.41) is 3.50. The van der Waals surface area contributed by atoms with Gasteiger partial charge in [-0.25, -0.2) is 0 Å². The van der Waals surface area contributed by atoms with E-state index in [1.807, 2.05) is 0 Å². The molecular formula is C20H36Cl2N2OSi. The van der Waals surface area contributed by atoms with Crippen LogP contribution in [0.25, 0.3) is 0 Å². The van der Waals surface area contributed by atoms with Crippen LogP contribution in [0.4, 0.5) is 0 Å². The topological polar surface area (TPSA) is 24.5 Å². The van der Waals surface area contributed by atoms with Crippen LogP contribution in [0.5, 0.6) is 5.75 Å². The van der Waals surface area contributed by atoms with Crippen LogP contribution < -0.4 is 9.74 Å². The van der Waals surface area contributed by atoms with E-state index in [9.17, 15) is 0 Å². The van der Waals surface area contributed by atoms with E-state index in [0.717, 1.165) is 24.8 Å². The third kappa shape index (κ3) is 6.72. The van der Waals surface area contributed by atoms with Crippen molar-refractivity contribution in [1.29, 1.82) is 0 Å². The Balaban J connectivity index is 0.00000169. The zero-order chi connectivity index (χ0) is 17.0. The third-order valence-electron chi connectivity index (χ3n) is 5.29. The molecule has 1 heterocycles. The largest absolute Gasteiger partial charge is 0.544 e. The van der Waals surface area contributed by atoms with E-state index >= 15 is 0 Å². The second-order valence-corrected chi connectivity index (χ2v) is 12.8. The number of hydrogen-bond acceptors (Lipinski definition) is 3. The highest BCUT2D eigenvalue weighted by Gasteiger charge is 2.31. The molecule has 1 aromatic rings. The van der Waals surface area contributed by atoms with Crippen LogP contribution in [0, 0.1) is 5.92 Å². The summed E-state index contributed by atoms with van der Waals surface area (Å²) in [6, 6.07) is 9.65. The Hall–Kier alpha value is -0.263. The number of halogens is 2. The molecule has 2 aliphatic rings. The lowest BCUT2D eigenvalue weighted by Crippen LogP contribution is -2.47. The summed E-state index contributed by atoms with van der Waals surface area (Å²) in [5.74, 6) is 1.86. The molecule has 0 radical (unpaired) electrons. The first kappa shape index (κ1) is 23.8. The Morgan fingerprint density at radius 2 is 1.54 bits per heavy atom. The summed E-state index contributed by atoms with van der Waals surface area (Å²) >= 11 is 0. The van der Waals surface area contributed by atoms with Gasteiger partial charge in [-0.15, -0.1) is 24.8 Å². The molecule has 1 aromatic carbocycles. The van der Waals surface area contributed by atoms with Gasteiger partial charge in [0, 0.05) is 32.2 Å². The smallest absolute Gasteiger partial charge is 0.242 e.